The lowest BCUT2D eigenvalue weighted by molar-refractivity contribution is -0.125. The molecule has 3 rings (SSSR count). The quantitative estimate of drug-likeness (QED) is 0.730. The van der Waals surface area contributed by atoms with Gasteiger partial charge in [-0.25, -0.2) is 4.98 Å². The Bertz CT molecular complexity index is 828. The molecule has 1 saturated carbocycles. The standard InChI is InChI=1S/C21H27N3O3S/c1-14-8-9-18(27-2)16(10-14)17-13-28-21(23-17)24-20(26)12-22-19(25)11-15-6-4-3-5-7-15/h8-10,13,15H,3-7,11-12H2,1-2H3,(H,22,25)(H,23,24,26). The van der Waals surface area contributed by atoms with Gasteiger partial charge in [0.2, 0.25) is 11.8 Å². The van der Waals surface area contributed by atoms with Crippen molar-refractivity contribution in [2.45, 2.75) is 45.4 Å². The Hall–Kier alpha value is -2.41. The minimum atomic E-state index is -0.269. The number of anilines is 1. The number of hydrogen-bond acceptors (Lipinski definition) is 5. The van der Waals surface area contributed by atoms with Crippen LogP contribution in [-0.4, -0.2) is 30.5 Å². The summed E-state index contributed by atoms with van der Waals surface area (Å²) in [6.07, 6.45) is 6.42. The normalized spacial score (nSPS) is 14.5. The van der Waals surface area contributed by atoms with Crippen molar-refractivity contribution in [3.05, 3.63) is 29.1 Å². The summed E-state index contributed by atoms with van der Waals surface area (Å²) < 4.78 is 5.40. The van der Waals surface area contributed by atoms with Crippen LogP contribution in [0.15, 0.2) is 23.6 Å². The summed E-state index contributed by atoms with van der Waals surface area (Å²) >= 11 is 1.35. The Kier molecular flexibility index (Phi) is 7.03. The molecule has 1 aliphatic carbocycles. The lowest BCUT2D eigenvalue weighted by Crippen LogP contribution is -2.34. The van der Waals surface area contributed by atoms with Gasteiger partial charge in [-0.05, 0) is 37.8 Å². The SMILES string of the molecule is COc1ccc(C)cc1-c1csc(NC(=O)CNC(=O)CC2CCCCC2)n1. The van der Waals surface area contributed by atoms with Gasteiger partial charge in [0.1, 0.15) is 5.75 Å². The highest BCUT2D eigenvalue weighted by molar-refractivity contribution is 7.14. The molecule has 1 fully saturated rings. The molecule has 0 saturated heterocycles. The third-order valence-electron chi connectivity index (χ3n) is 5.03. The van der Waals surface area contributed by atoms with Gasteiger partial charge in [0.15, 0.2) is 5.13 Å². The number of carbonyl (C=O) groups excluding carboxylic acids is 2. The van der Waals surface area contributed by atoms with Crippen molar-refractivity contribution < 1.29 is 14.3 Å². The maximum absolute atomic E-state index is 12.1. The van der Waals surface area contributed by atoms with E-state index in [2.05, 4.69) is 15.6 Å². The van der Waals surface area contributed by atoms with Crippen LogP contribution in [0.3, 0.4) is 0 Å². The van der Waals surface area contributed by atoms with Crippen LogP contribution in [0.1, 0.15) is 44.1 Å². The fourth-order valence-electron chi connectivity index (χ4n) is 3.54. The highest BCUT2D eigenvalue weighted by atomic mass is 32.1. The van der Waals surface area contributed by atoms with Gasteiger partial charge in [-0.2, -0.15) is 0 Å². The number of aryl methyl sites for hydroxylation is 1. The summed E-state index contributed by atoms with van der Waals surface area (Å²) in [5.41, 5.74) is 2.75. The summed E-state index contributed by atoms with van der Waals surface area (Å²) in [5.74, 6) is 0.881. The van der Waals surface area contributed by atoms with Crippen molar-refractivity contribution in [1.82, 2.24) is 10.3 Å². The number of carbonyl (C=O) groups is 2. The molecule has 0 radical (unpaired) electrons. The van der Waals surface area contributed by atoms with E-state index in [1.54, 1.807) is 7.11 Å². The van der Waals surface area contributed by atoms with Crippen LogP contribution in [0.25, 0.3) is 11.3 Å². The van der Waals surface area contributed by atoms with Crippen molar-refractivity contribution >= 4 is 28.3 Å². The van der Waals surface area contributed by atoms with Crippen molar-refractivity contribution in [3.63, 3.8) is 0 Å². The number of hydrogen-bond donors (Lipinski definition) is 2. The topological polar surface area (TPSA) is 80.3 Å². The van der Waals surface area contributed by atoms with Crippen molar-refractivity contribution in [2.75, 3.05) is 19.0 Å². The van der Waals surface area contributed by atoms with Crippen LogP contribution in [-0.2, 0) is 9.59 Å². The molecular formula is C21H27N3O3S. The summed E-state index contributed by atoms with van der Waals surface area (Å²) in [5, 5.41) is 7.86. The maximum Gasteiger partial charge on any atom is 0.245 e. The average Bonchev–Trinajstić information content (AvgIpc) is 3.15. The van der Waals surface area contributed by atoms with Gasteiger partial charge >= 0.3 is 0 Å². The molecular weight excluding hydrogens is 374 g/mol. The second kappa shape index (κ2) is 9.68. The Balaban J connectivity index is 1.51. The van der Waals surface area contributed by atoms with Gasteiger partial charge in [-0.3, -0.25) is 9.59 Å². The van der Waals surface area contributed by atoms with Crippen molar-refractivity contribution in [2.24, 2.45) is 5.92 Å². The molecule has 1 aromatic carbocycles. The molecule has 1 aromatic heterocycles. The van der Waals surface area contributed by atoms with Crippen LogP contribution in [0, 0.1) is 12.8 Å². The number of thiazole rings is 1. The van der Waals surface area contributed by atoms with Gasteiger partial charge in [-0.1, -0.05) is 30.9 Å². The van der Waals surface area contributed by atoms with E-state index in [0.717, 1.165) is 35.4 Å². The summed E-state index contributed by atoms with van der Waals surface area (Å²) in [4.78, 5) is 28.7. The smallest absolute Gasteiger partial charge is 0.245 e. The number of amides is 2. The van der Waals surface area contributed by atoms with Crippen molar-refractivity contribution in [3.8, 4) is 17.0 Å². The summed E-state index contributed by atoms with van der Waals surface area (Å²) in [6.45, 7) is 1.97. The van der Waals surface area contributed by atoms with Crippen LogP contribution < -0.4 is 15.4 Å². The van der Waals surface area contributed by atoms with Crippen LogP contribution >= 0.6 is 11.3 Å². The molecule has 1 aliphatic rings. The molecule has 0 unspecified atom stereocenters. The third-order valence-corrected chi connectivity index (χ3v) is 5.78. The second-order valence-corrected chi connectivity index (χ2v) is 8.13. The van der Waals surface area contributed by atoms with E-state index in [1.807, 2.05) is 30.5 Å². The fraction of sp³-hybridized carbons (Fsp3) is 0.476. The first kappa shape index (κ1) is 20.3. The van der Waals surface area contributed by atoms with Crippen LogP contribution in [0.5, 0.6) is 5.75 Å². The molecule has 7 heteroatoms. The molecule has 2 aromatic rings. The molecule has 150 valence electrons. The Morgan fingerprint density at radius 2 is 2.00 bits per heavy atom. The number of ether oxygens (including phenoxy) is 1. The lowest BCUT2D eigenvalue weighted by Gasteiger charge is -2.20. The fourth-order valence-corrected chi connectivity index (χ4v) is 4.27. The van der Waals surface area contributed by atoms with Gasteiger partial charge < -0.3 is 15.4 Å². The Morgan fingerprint density at radius 3 is 2.75 bits per heavy atom. The van der Waals surface area contributed by atoms with Crippen molar-refractivity contribution in [1.29, 1.82) is 0 Å². The zero-order valence-electron chi connectivity index (χ0n) is 16.4. The number of nitrogens with one attached hydrogen (secondary N) is 2. The van der Waals surface area contributed by atoms with Crippen LogP contribution in [0.2, 0.25) is 0 Å². The molecule has 0 bridgehead atoms. The highest BCUT2D eigenvalue weighted by Crippen LogP contribution is 2.33. The third kappa shape index (κ3) is 5.55. The van der Waals surface area contributed by atoms with Crippen LogP contribution in [0.4, 0.5) is 5.13 Å². The van der Waals surface area contributed by atoms with E-state index in [9.17, 15) is 9.59 Å². The van der Waals surface area contributed by atoms with E-state index in [1.165, 1.54) is 30.6 Å². The lowest BCUT2D eigenvalue weighted by atomic mass is 9.87. The predicted molar refractivity (Wildman–Crippen MR) is 112 cm³/mol. The Labute approximate surface area is 169 Å². The molecule has 6 nitrogen and oxygen atoms in total. The van der Waals surface area contributed by atoms with E-state index in [0.29, 0.717) is 17.5 Å². The molecule has 1 heterocycles. The van der Waals surface area contributed by atoms with E-state index < -0.39 is 0 Å². The van der Waals surface area contributed by atoms with E-state index >= 15 is 0 Å². The molecule has 2 amide bonds. The summed E-state index contributed by atoms with van der Waals surface area (Å²) in [6, 6.07) is 5.89. The number of benzene rings is 1. The van der Waals surface area contributed by atoms with Gasteiger partial charge in [-0.15, -0.1) is 11.3 Å². The number of rotatable bonds is 7. The average molecular weight is 402 g/mol. The van der Waals surface area contributed by atoms with E-state index in [4.69, 9.17) is 4.74 Å². The number of nitrogens with zero attached hydrogens (tertiary/aromatic N) is 1. The largest absolute Gasteiger partial charge is 0.496 e. The first-order chi connectivity index (χ1) is 13.5. The number of methoxy groups -OCH3 is 1. The van der Waals surface area contributed by atoms with Gasteiger partial charge in [0, 0.05) is 17.4 Å². The van der Waals surface area contributed by atoms with E-state index in [-0.39, 0.29) is 18.4 Å². The predicted octanol–water partition coefficient (Wildman–Crippen LogP) is 4.15. The molecule has 0 spiro atoms. The molecule has 2 N–H and O–H groups in total. The minimum absolute atomic E-state index is 0.0335. The summed E-state index contributed by atoms with van der Waals surface area (Å²) in [7, 11) is 1.62. The van der Waals surface area contributed by atoms with Gasteiger partial charge in [0.05, 0.1) is 19.3 Å². The first-order valence-electron chi connectivity index (χ1n) is 9.72. The zero-order valence-corrected chi connectivity index (χ0v) is 17.2. The molecule has 28 heavy (non-hydrogen) atoms. The van der Waals surface area contributed by atoms with Gasteiger partial charge in [0.25, 0.3) is 0 Å². The number of aromatic nitrogens is 1. The second-order valence-electron chi connectivity index (χ2n) is 7.27. The monoisotopic (exact) mass is 401 g/mol. The highest BCUT2D eigenvalue weighted by Gasteiger charge is 2.18. The first-order valence-corrected chi connectivity index (χ1v) is 10.6. The molecule has 0 aliphatic heterocycles. The molecule has 0 atom stereocenters. The zero-order chi connectivity index (χ0) is 19.9. The minimum Gasteiger partial charge on any atom is -0.496 e. The maximum atomic E-state index is 12.1. The Morgan fingerprint density at radius 1 is 1.21 bits per heavy atom.